The Labute approximate surface area is 150 Å². The van der Waals surface area contributed by atoms with E-state index in [0.717, 1.165) is 6.42 Å². The van der Waals surface area contributed by atoms with Crippen molar-refractivity contribution >= 4 is 5.91 Å². The van der Waals surface area contributed by atoms with Crippen molar-refractivity contribution in [3.63, 3.8) is 0 Å². The zero-order valence-corrected chi connectivity index (χ0v) is 14.1. The van der Waals surface area contributed by atoms with Gasteiger partial charge < -0.3 is 9.42 Å². The van der Waals surface area contributed by atoms with E-state index in [1.807, 2.05) is 23.1 Å². The van der Waals surface area contributed by atoms with Gasteiger partial charge in [0.05, 0.1) is 5.56 Å². The number of likely N-dealkylation sites (tertiary alicyclic amines) is 1. The zero-order chi connectivity index (χ0) is 17.9. The van der Waals surface area contributed by atoms with Gasteiger partial charge in [0, 0.05) is 25.4 Å². The first-order valence-corrected chi connectivity index (χ1v) is 8.61. The Balaban J connectivity index is 1.43. The van der Waals surface area contributed by atoms with Crippen molar-refractivity contribution in [1.29, 1.82) is 0 Å². The molecule has 4 rings (SSSR count). The number of amides is 1. The number of halogens is 1. The Morgan fingerprint density at radius 1 is 1.12 bits per heavy atom. The molecule has 1 saturated heterocycles. The molecule has 0 bridgehead atoms. The summed E-state index contributed by atoms with van der Waals surface area (Å²) in [5.41, 5.74) is 1.47. The van der Waals surface area contributed by atoms with Crippen LogP contribution in [0.25, 0.3) is 11.5 Å². The van der Waals surface area contributed by atoms with E-state index < -0.39 is 5.82 Å². The molecule has 1 amide bonds. The van der Waals surface area contributed by atoms with Crippen LogP contribution in [-0.2, 0) is 11.2 Å². The molecule has 3 aromatic rings. The minimum Gasteiger partial charge on any atom is -0.342 e. The van der Waals surface area contributed by atoms with Crippen LogP contribution in [0.3, 0.4) is 0 Å². The van der Waals surface area contributed by atoms with E-state index >= 15 is 0 Å². The van der Waals surface area contributed by atoms with Gasteiger partial charge in [-0.05, 0) is 24.1 Å². The summed E-state index contributed by atoms with van der Waals surface area (Å²) < 4.78 is 19.1. The number of benzene rings is 2. The molecule has 1 aliphatic rings. The van der Waals surface area contributed by atoms with Gasteiger partial charge in [-0.3, -0.25) is 4.79 Å². The molecular weight excluding hydrogens is 333 g/mol. The van der Waals surface area contributed by atoms with Gasteiger partial charge in [0.15, 0.2) is 5.82 Å². The summed E-state index contributed by atoms with van der Waals surface area (Å²) in [6.07, 6.45) is 1.16. The van der Waals surface area contributed by atoms with Crippen LogP contribution in [0.15, 0.2) is 59.1 Å². The minimum atomic E-state index is -0.408. The minimum absolute atomic E-state index is 0.0863. The molecule has 26 heavy (non-hydrogen) atoms. The molecule has 1 aliphatic heterocycles. The second-order valence-corrected chi connectivity index (χ2v) is 6.41. The van der Waals surface area contributed by atoms with E-state index in [1.54, 1.807) is 18.2 Å². The molecule has 0 saturated carbocycles. The normalized spacial score (nSPS) is 17.0. The van der Waals surface area contributed by atoms with Gasteiger partial charge in [0.25, 0.3) is 5.89 Å². The molecule has 0 radical (unpaired) electrons. The third kappa shape index (κ3) is 3.35. The molecule has 0 N–H and O–H groups in total. The maximum absolute atomic E-state index is 13.9. The molecule has 1 aromatic heterocycles. The maximum atomic E-state index is 13.9. The molecule has 1 fully saturated rings. The Hall–Kier alpha value is -3.02. The number of carbonyl (C=O) groups is 1. The van der Waals surface area contributed by atoms with Crippen LogP contribution in [0.4, 0.5) is 4.39 Å². The van der Waals surface area contributed by atoms with E-state index in [2.05, 4.69) is 22.3 Å². The maximum Gasteiger partial charge on any atom is 0.260 e. The quantitative estimate of drug-likeness (QED) is 0.707. The molecule has 2 aromatic carbocycles. The van der Waals surface area contributed by atoms with Gasteiger partial charge in [-0.2, -0.15) is 4.98 Å². The van der Waals surface area contributed by atoms with E-state index in [0.29, 0.717) is 25.3 Å². The molecule has 2 heterocycles. The van der Waals surface area contributed by atoms with Crippen molar-refractivity contribution in [1.82, 2.24) is 15.0 Å². The average molecular weight is 351 g/mol. The molecule has 132 valence electrons. The van der Waals surface area contributed by atoms with Crippen LogP contribution in [0.2, 0.25) is 0 Å². The van der Waals surface area contributed by atoms with Crippen molar-refractivity contribution in [3.8, 4) is 11.5 Å². The Bertz CT molecular complexity index is 910. The van der Waals surface area contributed by atoms with E-state index in [-0.39, 0.29) is 23.3 Å². The molecule has 0 aliphatic carbocycles. The van der Waals surface area contributed by atoms with Gasteiger partial charge in [-0.15, -0.1) is 0 Å². The Morgan fingerprint density at radius 2 is 1.88 bits per heavy atom. The first-order chi connectivity index (χ1) is 12.7. The fourth-order valence-corrected chi connectivity index (χ4v) is 3.21. The number of aromatic nitrogens is 2. The van der Waals surface area contributed by atoms with Gasteiger partial charge >= 0.3 is 0 Å². The SMILES string of the molecule is O=C1C[C@H](c2noc(-c3ccccc3F)n2)CN1CCc1ccccc1. The zero-order valence-electron chi connectivity index (χ0n) is 14.1. The molecule has 0 unspecified atom stereocenters. The van der Waals surface area contributed by atoms with Crippen LogP contribution in [-0.4, -0.2) is 34.0 Å². The van der Waals surface area contributed by atoms with Crippen LogP contribution < -0.4 is 0 Å². The summed E-state index contributed by atoms with van der Waals surface area (Å²) in [5, 5.41) is 3.97. The average Bonchev–Trinajstić information content (AvgIpc) is 3.28. The number of hydrogen-bond donors (Lipinski definition) is 0. The van der Waals surface area contributed by atoms with E-state index in [9.17, 15) is 9.18 Å². The second-order valence-electron chi connectivity index (χ2n) is 6.41. The number of carbonyl (C=O) groups excluding carboxylic acids is 1. The summed E-state index contributed by atoms with van der Waals surface area (Å²) >= 11 is 0. The predicted molar refractivity (Wildman–Crippen MR) is 93.8 cm³/mol. The van der Waals surface area contributed by atoms with Crippen LogP contribution in [0, 0.1) is 5.82 Å². The molecule has 1 atom stereocenters. The lowest BCUT2D eigenvalue weighted by molar-refractivity contribution is -0.127. The lowest BCUT2D eigenvalue weighted by atomic mass is 10.1. The largest absolute Gasteiger partial charge is 0.342 e. The van der Waals surface area contributed by atoms with Gasteiger partial charge in [0.2, 0.25) is 5.91 Å². The van der Waals surface area contributed by atoms with E-state index in [1.165, 1.54) is 11.6 Å². The van der Waals surface area contributed by atoms with Crippen molar-refractivity contribution in [2.75, 3.05) is 13.1 Å². The van der Waals surface area contributed by atoms with Gasteiger partial charge in [-0.25, -0.2) is 4.39 Å². The summed E-state index contributed by atoms with van der Waals surface area (Å²) in [4.78, 5) is 18.4. The highest BCUT2D eigenvalue weighted by Crippen LogP contribution is 2.29. The number of nitrogens with zero attached hydrogens (tertiary/aromatic N) is 3. The van der Waals surface area contributed by atoms with Crippen LogP contribution in [0.5, 0.6) is 0 Å². The topological polar surface area (TPSA) is 59.2 Å². The number of hydrogen-bond acceptors (Lipinski definition) is 4. The highest BCUT2D eigenvalue weighted by Gasteiger charge is 2.33. The molecular formula is C20H18FN3O2. The Morgan fingerprint density at radius 3 is 2.69 bits per heavy atom. The van der Waals surface area contributed by atoms with Crippen LogP contribution in [0.1, 0.15) is 23.7 Å². The monoisotopic (exact) mass is 351 g/mol. The van der Waals surface area contributed by atoms with E-state index in [4.69, 9.17) is 4.52 Å². The third-order valence-corrected chi connectivity index (χ3v) is 4.64. The molecule has 0 spiro atoms. The first kappa shape index (κ1) is 16.4. The fourth-order valence-electron chi connectivity index (χ4n) is 3.21. The predicted octanol–water partition coefficient (Wildman–Crippen LogP) is 3.43. The third-order valence-electron chi connectivity index (χ3n) is 4.64. The summed E-state index contributed by atoms with van der Waals surface area (Å²) in [5.74, 6) is 0.160. The summed E-state index contributed by atoms with van der Waals surface area (Å²) in [6, 6.07) is 16.3. The van der Waals surface area contributed by atoms with Gasteiger partial charge in [-0.1, -0.05) is 47.6 Å². The molecule has 6 heteroatoms. The first-order valence-electron chi connectivity index (χ1n) is 8.61. The van der Waals surface area contributed by atoms with Crippen molar-refractivity contribution in [3.05, 3.63) is 71.8 Å². The standard InChI is InChI=1S/C20H18FN3O2/c21-17-9-5-4-8-16(17)20-22-19(23-26-20)15-12-18(25)24(13-15)11-10-14-6-2-1-3-7-14/h1-9,15H,10-13H2/t15-/m0/s1. The van der Waals surface area contributed by atoms with Crippen molar-refractivity contribution in [2.45, 2.75) is 18.8 Å². The van der Waals surface area contributed by atoms with Crippen molar-refractivity contribution in [2.24, 2.45) is 0 Å². The highest BCUT2D eigenvalue weighted by atomic mass is 19.1. The Kier molecular flexibility index (Phi) is 4.48. The fraction of sp³-hybridized carbons (Fsp3) is 0.250. The highest BCUT2D eigenvalue weighted by molar-refractivity contribution is 5.79. The summed E-state index contributed by atoms with van der Waals surface area (Å²) in [7, 11) is 0. The second kappa shape index (κ2) is 7.07. The summed E-state index contributed by atoms with van der Waals surface area (Å²) in [6.45, 7) is 1.22. The number of rotatable bonds is 5. The van der Waals surface area contributed by atoms with Gasteiger partial charge in [0.1, 0.15) is 5.82 Å². The lowest BCUT2D eigenvalue weighted by Crippen LogP contribution is -2.27. The van der Waals surface area contributed by atoms with Crippen LogP contribution >= 0.6 is 0 Å². The molecule has 5 nitrogen and oxygen atoms in total. The van der Waals surface area contributed by atoms with Crippen molar-refractivity contribution < 1.29 is 13.7 Å². The smallest absolute Gasteiger partial charge is 0.260 e. The lowest BCUT2D eigenvalue weighted by Gasteiger charge is -2.15.